The zero-order valence-corrected chi connectivity index (χ0v) is 19.0. The highest BCUT2D eigenvalue weighted by molar-refractivity contribution is 5.91. The summed E-state index contributed by atoms with van der Waals surface area (Å²) in [7, 11) is 2.87. The molecule has 0 unspecified atom stereocenters. The van der Waals surface area contributed by atoms with E-state index in [1.165, 1.54) is 14.2 Å². The summed E-state index contributed by atoms with van der Waals surface area (Å²) in [6.45, 7) is 9.16. The van der Waals surface area contributed by atoms with Crippen LogP contribution in [0, 0.1) is 5.92 Å². The van der Waals surface area contributed by atoms with E-state index in [1.54, 1.807) is 20.8 Å². The van der Waals surface area contributed by atoms with Crippen LogP contribution in [0.4, 0.5) is 4.79 Å². The topological polar surface area (TPSA) is 97.0 Å². The summed E-state index contributed by atoms with van der Waals surface area (Å²) in [5.74, 6) is -0.667. The van der Waals surface area contributed by atoms with Crippen LogP contribution in [0.15, 0.2) is 30.3 Å². The van der Waals surface area contributed by atoms with Gasteiger partial charge in [-0.25, -0.2) is 9.86 Å². The second-order valence-corrected chi connectivity index (χ2v) is 8.60. The van der Waals surface area contributed by atoms with Crippen LogP contribution in [0.5, 0.6) is 0 Å². The third-order valence-electron chi connectivity index (χ3n) is 4.20. The molecule has 3 amide bonds. The van der Waals surface area contributed by atoms with Gasteiger partial charge >= 0.3 is 6.09 Å². The fraction of sp³-hybridized carbons (Fsp3) is 0.591. The first-order valence-corrected chi connectivity index (χ1v) is 10.1. The maximum Gasteiger partial charge on any atom is 0.408 e. The van der Waals surface area contributed by atoms with Gasteiger partial charge in [0, 0.05) is 13.5 Å². The normalized spacial score (nSPS) is 13.3. The molecule has 0 aliphatic carbocycles. The van der Waals surface area contributed by atoms with Crippen molar-refractivity contribution in [2.75, 3.05) is 14.2 Å². The van der Waals surface area contributed by atoms with Gasteiger partial charge in [0.15, 0.2) is 0 Å². The van der Waals surface area contributed by atoms with Gasteiger partial charge in [0.2, 0.25) is 5.91 Å². The van der Waals surface area contributed by atoms with E-state index in [9.17, 15) is 14.4 Å². The number of benzene rings is 1. The molecule has 0 heterocycles. The first-order chi connectivity index (χ1) is 13.9. The molecule has 2 N–H and O–H groups in total. The van der Waals surface area contributed by atoms with Crippen molar-refractivity contribution >= 4 is 17.9 Å². The minimum Gasteiger partial charge on any atom is -0.444 e. The van der Waals surface area contributed by atoms with E-state index >= 15 is 0 Å². The number of carbonyl (C=O) groups is 3. The Hall–Kier alpha value is -2.61. The Morgan fingerprint density at radius 3 is 2.13 bits per heavy atom. The number of likely N-dealkylation sites (N-methyl/N-ethyl adjacent to an activating group) is 1. The van der Waals surface area contributed by atoms with E-state index < -0.39 is 29.7 Å². The van der Waals surface area contributed by atoms with Gasteiger partial charge < -0.3 is 15.4 Å². The maximum absolute atomic E-state index is 13.1. The molecule has 0 aromatic heterocycles. The molecule has 30 heavy (non-hydrogen) atoms. The zero-order valence-electron chi connectivity index (χ0n) is 19.0. The van der Waals surface area contributed by atoms with Crippen LogP contribution in [0.1, 0.15) is 46.6 Å². The molecule has 1 rings (SSSR count). The van der Waals surface area contributed by atoms with Gasteiger partial charge in [-0.2, -0.15) is 0 Å². The Kier molecular flexibility index (Phi) is 9.78. The van der Waals surface area contributed by atoms with Crippen LogP contribution in [-0.4, -0.2) is 54.8 Å². The van der Waals surface area contributed by atoms with Crippen LogP contribution in [-0.2, 0) is 25.6 Å². The van der Waals surface area contributed by atoms with Crippen molar-refractivity contribution in [2.45, 2.75) is 65.1 Å². The Bertz CT molecular complexity index is 700. The summed E-state index contributed by atoms with van der Waals surface area (Å²) >= 11 is 0. The number of amides is 3. The van der Waals surface area contributed by atoms with Gasteiger partial charge in [-0.05, 0) is 38.7 Å². The summed E-state index contributed by atoms with van der Waals surface area (Å²) in [5.41, 5.74) is 0.171. The summed E-state index contributed by atoms with van der Waals surface area (Å²) in [6, 6.07) is 7.64. The maximum atomic E-state index is 13.1. The van der Waals surface area contributed by atoms with Gasteiger partial charge in [0.1, 0.15) is 17.7 Å². The molecule has 2 atom stereocenters. The van der Waals surface area contributed by atoms with Crippen molar-refractivity contribution in [1.82, 2.24) is 15.7 Å². The molecule has 0 bridgehead atoms. The molecule has 1 aromatic rings. The standard InChI is InChI=1S/C22H35N3O5/c1-15(2)13-18(20(27)25(6)29-7)23-19(26)17(14-16-11-9-8-10-12-16)24-21(28)30-22(3,4)5/h8-12,15,17-18H,13-14H2,1-7H3,(H,23,26)(H,24,28)/t17-,18-/m0/s1. The molecule has 0 saturated carbocycles. The number of nitrogens with zero attached hydrogens (tertiary/aromatic N) is 1. The van der Waals surface area contributed by atoms with E-state index in [-0.39, 0.29) is 18.2 Å². The van der Waals surface area contributed by atoms with E-state index in [0.29, 0.717) is 6.42 Å². The van der Waals surface area contributed by atoms with Crippen molar-refractivity contribution in [2.24, 2.45) is 5.92 Å². The summed E-state index contributed by atoms with van der Waals surface area (Å²) in [4.78, 5) is 43.0. The molecule has 8 heteroatoms. The lowest BCUT2D eigenvalue weighted by Gasteiger charge is -2.27. The third kappa shape index (κ3) is 9.26. The minimum atomic E-state index is -0.905. The first-order valence-electron chi connectivity index (χ1n) is 10.1. The molecule has 8 nitrogen and oxygen atoms in total. The van der Waals surface area contributed by atoms with E-state index in [2.05, 4.69) is 10.6 Å². The van der Waals surface area contributed by atoms with Crippen molar-refractivity contribution < 1.29 is 24.0 Å². The fourth-order valence-electron chi connectivity index (χ4n) is 2.78. The summed E-state index contributed by atoms with van der Waals surface area (Å²) in [6.07, 6.45) is -0.00321. The van der Waals surface area contributed by atoms with Crippen LogP contribution in [0.25, 0.3) is 0 Å². The van der Waals surface area contributed by atoms with Crippen LogP contribution >= 0.6 is 0 Å². The van der Waals surface area contributed by atoms with Gasteiger partial charge in [-0.1, -0.05) is 44.2 Å². The molecule has 0 spiro atoms. The number of hydrogen-bond donors (Lipinski definition) is 2. The molecular weight excluding hydrogens is 386 g/mol. The lowest BCUT2D eigenvalue weighted by molar-refractivity contribution is -0.172. The number of ether oxygens (including phenoxy) is 1. The SMILES string of the molecule is CON(C)C(=O)[C@H](CC(C)C)NC(=O)[C@H](Cc1ccccc1)NC(=O)OC(C)(C)C. The predicted molar refractivity (Wildman–Crippen MR) is 114 cm³/mol. The van der Waals surface area contributed by atoms with Crippen molar-refractivity contribution in [1.29, 1.82) is 0 Å². The fourth-order valence-corrected chi connectivity index (χ4v) is 2.78. The number of alkyl carbamates (subject to hydrolysis) is 1. The van der Waals surface area contributed by atoms with Crippen molar-refractivity contribution in [3.05, 3.63) is 35.9 Å². The van der Waals surface area contributed by atoms with Gasteiger partial charge in [0.05, 0.1) is 7.11 Å². The number of hydrogen-bond acceptors (Lipinski definition) is 5. The number of carbonyl (C=O) groups excluding carboxylic acids is 3. The molecule has 0 fully saturated rings. The molecular formula is C22H35N3O5. The zero-order chi connectivity index (χ0) is 22.9. The van der Waals surface area contributed by atoms with E-state index in [4.69, 9.17) is 9.57 Å². The highest BCUT2D eigenvalue weighted by Crippen LogP contribution is 2.11. The first kappa shape index (κ1) is 25.4. The quantitative estimate of drug-likeness (QED) is 0.598. The van der Waals surface area contributed by atoms with Crippen LogP contribution in [0.2, 0.25) is 0 Å². The number of nitrogens with one attached hydrogen (secondary N) is 2. The van der Waals surface area contributed by atoms with Crippen molar-refractivity contribution in [3.63, 3.8) is 0 Å². The Morgan fingerprint density at radius 1 is 1.03 bits per heavy atom. The van der Waals surface area contributed by atoms with Crippen LogP contribution < -0.4 is 10.6 Å². The molecule has 0 aliphatic rings. The number of rotatable bonds is 9. The summed E-state index contributed by atoms with van der Waals surface area (Å²) < 4.78 is 5.30. The average Bonchev–Trinajstić information content (AvgIpc) is 2.64. The predicted octanol–water partition coefficient (Wildman–Crippen LogP) is 2.67. The monoisotopic (exact) mass is 421 g/mol. The summed E-state index contributed by atoms with van der Waals surface area (Å²) in [5, 5.41) is 6.49. The van der Waals surface area contributed by atoms with Gasteiger partial charge in [-0.15, -0.1) is 0 Å². The van der Waals surface area contributed by atoms with Gasteiger partial charge in [-0.3, -0.25) is 14.4 Å². The Morgan fingerprint density at radius 2 is 1.63 bits per heavy atom. The molecule has 0 aliphatic heterocycles. The molecule has 0 radical (unpaired) electrons. The highest BCUT2D eigenvalue weighted by Gasteiger charge is 2.30. The Labute approximate surface area is 179 Å². The average molecular weight is 422 g/mol. The lowest BCUT2D eigenvalue weighted by atomic mass is 10.0. The second kappa shape index (κ2) is 11.5. The third-order valence-corrected chi connectivity index (χ3v) is 4.20. The second-order valence-electron chi connectivity index (χ2n) is 8.60. The number of hydroxylamine groups is 2. The smallest absolute Gasteiger partial charge is 0.408 e. The molecule has 1 aromatic carbocycles. The lowest BCUT2D eigenvalue weighted by Crippen LogP contribution is -2.55. The van der Waals surface area contributed by atoms with Crippen molar-refractivity contribution in [3.8, 4) is 0 Å². The van der Waals surface area contributed by atoms with E-state index in [1.807, 2.05) is 44.2 Å². The van der Waals surface area contributed by atoms with Crippen LogP contribution in [0.3, 0.4) is 0 Å². The van der Waals surface area contributed by atoms with Gasteiger partial charge in [0.25, 0.3) is 5.91 Å². The largest absolute Gasteiger partial charge is 0.444 e. The van der Waals surface area contributed by atoms with E-state index in [0.717, 1.165) is 10.6 Å². The Balaban J connectivity index is 3.02. The molecule has 0 saturated heterocycles. The highest BCUT2D eigenvalue weighted by atomic mass is 16.7. The molecule has 168 valence electrons. The minimum absolute atomic E-state index is 0.163.